The van der Waals surface area contributed by atoms with Gasteiger partial charge in [0.2, 0.25) is 0 Å². The molecule has 5 heteroatoms. The van der Waals surface area contributed by atoms with E-state index in [0.717, 1.165) is 6.07 Å². The van der Waals surface area contributed by atoms with Crippen molar-refractivity contribution in [3.8, 4) is 5.75 Å². The molecule has 0 bridgehead atoms. The van der Waals surface area contributed by atoms with Gasteiger partial charge in [0.25, 0.3) is 0 Å². The van der Waals surface area contributed by atoms with E-state index < -0.39 is 11.6 Å². The molecule has 1 aromatic rings. The molecule has 0 saturated carbocycles. The molecule has 1 aromatic carbocycles. The summed E-state index contributed by atoms with van der Waals surface area (Å²) in [6.07, 6.45) is 0.517. The Kier molecular flexibility index (Phi) is 3.96. The van der Waals surface area contributed by atoms with E-state index in [9.17, 15) is 14.0 Å². The van der Waals surface area contributed by atoms with Crippen LogP contribution in [0.2, 0.25) is 0 Å². The molecule has 0 N–H and O–H groups in total. The fourth-order valence-electron chi connectivity index (χ4n) is 1.13. The zero-order valence-electron chi connectivity index (χ0n) is 7.92. The molecule has 15 heavy (non-hydrogen) atoms. The molecule has 3 nitrogen and oxygen atoms in total. The molecule has 0 saturated heterocycles. The molecule has 0 aliphatic rings. The van der Waals surface area contributed by atoms with Crippen LogP contribution in [0.25, 0.3) is 0 Å². The first kappa shape index (κ1) is 11.8. The van der Waals surface area contributed by atoms with Crippen LogP contribution in [0.4, 0.5) is 4.39 Å². The molecular weight excluding hydrogens is 267 g/mol. The summed E-state index contributed by atoms with van der Waals surface area (Å²) in [5, 5.41) is 0.00848. The van der Waals surface area contributed by atoms with E-state index in [1.807, 2.05) is 0 Å². The summed E-state index contributed by atoms with van der Waals surface area (Å²) >= 11 is 2.93. The summed E-state index contributed by atoms with van der Waals surface area (Å²) in [4.78, 5) is 21.9. The normalized spacial score (nSPS) is 9.80. The number of methoxy groups -OCH3 is 1. The van der Waals surface area contributed by atoms with Crippen LogP contribution in [-0.2, 0) is 0 Å². The average Bonchev–Trinajstić information content (AvgIpc) is 2.27. The van der Waals surface area contributed by atoms with E-state index >= 15 is 0 Å². The van der Waals surface area contributed by atoms with Crippen LogP contribution in [0.1, 0.15) is 20.7 Å². The third kappa shape index (κ3) is 2.41. The largest absolute Gasteiger partial charge is 0.496 e. The molecule has 1 rings (SSSR count). The highest BCUT2D eigenvalue weighted by molar-refractivity contribution is 9.09. The number of hydrogen-bond donors (Lipinski definition) is 0. The summed E-state index contributed by atoms with van der Waals surface area (Å²) < 4.78 is 18.1. The lowest BCUT2D eigenvalue weighted by molar-refractivity contribution is 0.102. The average molecular weight is 275 g/mol. The number of carbonyl (C=O) groups excluding carboxylic acids is 2. The summed E-state index contributed by atoms with van der Waals surface area (Å²) in [5.41, 5.74) is 0.0398. The van der Waals surface area contributed by atoms with Gasteiger partial charge in [-0.25, -0.2) is 4.39 Å². The van der Waals surface area contributed by atoms with E-state index in [-0.39, 0.29) is 22.2 Å². The van der Waals surface area contributed by atoms with E-state index in [1.54, 1.807) is 0 Å². The first-order valence-electron chi connectivity index (χ1n) is 4.06. The molecule has 0 heterocycles. The number of alkyl halides is 1. The molecular formula is C10H8BrFO3. The number of benzene rings is 1. The van der Waals surface area contributed by atoms with E-state index in [1.165, 1.54) is 13.2 Å². The molecule has 0 unspecified atom stereocenters. The minimum absolute atomic E-state index is 0.00848. The van der Waals surface area contributed by atoms with Gasteiger partial charge >= 0.3 is 0 Å². The zero-order chi connectivity index (χ0) is 11.4. The first-order chi connectivity index (χ1) is 7.13. The molecule has 0 aromatic heterocycles. The second-order valence-electron chi connectivity index (χ2n) is 2.75. The van der Waals surface area contributed by atoms with Crippen molar-refractivity contribution in [2.45, 2.75) is 0 Å². The number of hydrogen-bond acceptors (Lipinski definition) is 3. The fourth-order valence-corrected chi connectivity index (χ4v) is 1.43. The fraction of sp³-hybridized carbons (Fsp3) is 0.200. The minimum atomic E-state index is -0.693. The zero-order valence-corrected chi connectivity index (χ0v) is 9.51. The van der Waals surface area contributed by atoms with Gasteiger partial charge in [0, 0.05) is 6.07 Å². The standard InChI is InChI=1S/C10H8BrFO3/c1-15-10-3-8(12)7(9(14)4-11)2-6(10)5-13/h2-3,5H,4H2,1H3. The Bertz CT molecular complexity index is 404. The van der Waals surface area contributed by atoms with E-state index in [0.29, 0.717) is 6.29 Å². The van der Waals surface area contributed by atoms with Crippen LogP contribution < -0.4 is 4.74 Å². The highest BCUT2D eigenvalue weighted by Gasteiger charge is 2.14. The third-order valence-electron chi connectivity index (χ3n) is 1.87. The van der Waals surface area contributed by atoms with Crippen molar-refractivity contribution in [2.75, 3.05) is 12.4 Å². The maximum atomic E-state index is 13.4. The topological polar surface area (TPSA) is 43.4 Å². The lowest BCUT2D eigenvalue weighted by Gasteiger charge is -2.06. The first-order valence-corrected chi connectivity index (χ1v) is 5.18. The highest BCUT2D eigenvalue weighted by atomic mass is 79.9. The Morgan fingerprint density at radius 1 is 1.60 bits per heavy atom. The predicted molar refractivity (Wildman–Crippen MR) is 56.5 cm³/mol. The van der Waals surface area contributed by atoms with Crippen molar-refractivity contribution in [3.05, 3.63) is 29.1 Å². The van der Waals surface area contributed by atoms with Crippen molar-refractivity contribution in [1.82, 2.24) is 0 Å². The predicted octanol–water partition coefficient (Wildman–Crippen LogP) is 2.22. The second-order valence-corrected chi connectivity index (χ2v) is 3.31. The summed E-state index contributed by atoms with van der Waals surface area (Å²) in [7, 11) is 1.33. The van der Waals surface area contributed by atoms with Gasteiger partial charge in [-0.15, -0.1) is 0 Å². The number of ether oxygens (including phenoxy) is 1. The number of halogens is 2. The summed E-state index contributed by atoms with van der Waals surface area (Å²) in [6.45, 7) is 0. The van der Waals surface area contributed by atoms with Crippen molar-refractivity contribution >= 4 is 28.0 Å². The van der Waals surface area contributed by atoms with Gasteiger partial charge in [0.15, 0.2) is 12.1 Å². The van der Waals surface area contributed by atoms with Crippen molar-refractivity contribution in [1.29, 1.82) is 0 Å². The number of rotatable bonds is 4. The lowest BCUT2D eigenvalue weighted by Crippen LogP contribution is -2.05. The minimum Gasteiger partial charge on any atom is -0.496 e. The van der Waals surface area contributed by atoms with Crippen LogP contribution in [0.3, 0.4) is 0 Å². The van der Waals surface area contributed by atoms with Crippen LogP contribution in [0.15, 0.2) is 12.1 Å². The molecule has 80 valence electrons. The van der Waals surface area contributed by atoms with E-state index in [2.05, 4.69) is 15.9 Å². The van der Waals surface area contributed by atoms with Gasteiger partial charge in [-0.2, -0.15) is 0 Å². The van der Waals surface area contributed by atoms with Crippen LogP contribution in [-0.4, -0.2) is 24.5 Å². The third-order valence-corrected chi connectivity index (χ3v) is 2.38. The molecule has 0 aliphatic heterocycles. The Labute approximate surface area is 94.4 Å². The van der Waals surface area contributed by atoms with Gasteiger partial charge in [-0.3, -0.25) is 9.59 Å². The van der Waals surface area contributed by atoms with Gasteiger partial charge in [0.1, 0.15) is 11.6 Å². The molecule has 0 atom stereocenters. The summed E-state index contributed by atoms with van der Waals surface area (Å²) in [6, 6.07) is 2.21. The van der Waals surface area contributed by atoms with Gasteiger partial charge < -0.3 is 4.74 Å². The smallest absolute Gasteiger partial charge is 0.176 e. The Balaban J connectivity index is 3.31. The van der Waals surface area contributed by atoms with Crippen molar-refractivity contribution in [3.63, 3.8) is 0 Å². The SMILES string of the molecule is COc1cc(F)c(C(=O)CBr)cc1C=O. The molecule has 0 fully saturated rings. The van der Waals surface area contributed by atoms with Gasteiger partial charge in [-0.05, 0) is 6.07 Å². The Morgan fingerprint density at radius 3 is 2.73 bits per heavy atom. The molecule has 0 amide bonds. The molecule has 0 radical (unpaired) electrons. The van der Waals surface area contributed by atoms with E-state index in [4.69, 9.17) is 4.74 Å². The highest BCUT2D eigenvalue weighted by Crippen LogP contribution is 2.22. The maximum absolute atomic E-state index is 13.4. The summed E-state index contributed by atoms with van der Waals surface area (Å²) in [5.74, 6) is -0.992. The van der Waals surface area contributed by atoms with Crippen LogP contribution >= 0.6 is 15.9 Å². The van der Waals surface area contributed by atoms with Crippen LogP contribution in [0.5, 0.6) is 5.75 Å². The van der Waals surface area contributed by atoms with Crippen molar-refractivity contribution < 1.29 is 18.7 Å². The number of Topliss-reactive ketones (excluding diaryl/α,β-unsaturated/α-hetero) is 1. The number of aldehydes is 1. The maximum Gasteiger partial charge on any atom is 0.176 e. The van der Waals surface area contributed by atoms with Gasteiger partial charge in [0.05, 0.1) is 23.6 Å². The van der Waals surface area contributed by atoms with Crippen molar-refractivity contribution in [2.24, 2.45) is 0 Å². The number of carbonyl (C=O) groups is 2. The lowest BCUT2D eigenvalue weighted by atomic mass is 10.1. The Hall–Kier alpha value is -1.23. The Morgan fingerprint density at radius 2 is 2.27 bits per heavy atom. The monoisotopic (exact) mass is 274 g/mol. The quantitative estimate of drug-likeness (QED) is 0.480. The van der Waals surface area contributed by atoms with Crippen LogP contribution in [0, 0.1) is 5.82 Å². The number of ketones is 1. The second kappa shape index (κ2) is 5.02. The molecule has 0 spiro atoms. The van der Waals surface area contributed by atoms with Gasteiger partial charge in [-0.1, -0.05) is 15.9 Å². The molecule has 0 aliphatic carbocycles.